The minimum atomic E-state index is -0.0814. The Morgan fingerprint density at radius 1 is 0.364 bits per heavy atom. The van der Waals surface area contributed by atoms with Crippen molar-refractivity contribution in [1.82, 2.24) is 4.57 Å². The Balaban J connectivity index is 0.900. The van der Waals surface area contributed by atoms with Crippen LogP contribution in [-0.4, -0.2) is 4.57 Å². The van der Waals surface area contributed by atoms with Crippen molar-refractivity contribution in [3.05, 3.63) is 259 Å². The summed E-state index contributed by atoms with van der Waals surface area (Å²) in [6, 6.07) is 89.0. The molecule has 0 fully saturated rings. The Morgan fingerprint density at radius 3 is 1.64 bits per heavy atom. The molecular formula is C64H48N2. The highest BCUT2D eigenvalue weighted by Crippen LogP contribution is 2.50. The highest BCUT2D eigenvalue weighted by Gasteiger charge is 2.35. The lowest BCUT2D eigenvalue weighted by Crippen LogP contribution is -2.17. The number of benzene rings is 10. The smallest absolute Gasteiger partial charge is 0.0547 e. The topological polar surface area (TPSA) is 8.17 Å². The lowest BCUT2D eigenvalue weighted by molar-refractivity contribution is 0.660. The van der Waals surface area contributed by atoms with Gasteiger partial charge in [-0.15, -0.1) is 0 Å². The number of fused-ring (bicyclic) bond motifs is 6. The zero-order valence-electron chi connectivity index (χ0n) is 37.2. The molecule has 0 unspecified atom stereocenters. The van der Waals surface area contributed by atoms with Gasteiger partial charge >= 0.3 is 0 Å². The maximum absolute atomic E-state index is 2.47. The Morgan fingerprint density at radius 2 is 0.879 bits per heavy atom. The fourth-order valence-electron chi connectivity index (χ4n) is 10.6. The predicted octanol–water partition coefficient (Wildman–Crippen LogP) is 17.1. The van der Waals surface area contributed by atoms with Gasteiger partial charge in [-0.1, -0.05) is 202 Å². The van der Waals surface area contributed by atoms with Crippen LogP contribution in [0.25, 0.3) is 83.1 Å². The van der Waals surface area contributed by atoms with Gasteiger partial charge in [-0.25, -0.2) is 0 Å². The Hall–Kier alpha value is -8.20. The van der Waals surface area contributed by atoms with Crippen LogP contribution in [0.2, 0.25) is 0 Å². The molecule has 0 N–H and O–H groups in total. The van der Waals surface area contributed by atoms with Gasteiger partial charge < -0.3 is 9.47 Å². The quantitative estimate of drug-likeness (QED) is 0.141. The van der Waals surface area contributed by atoms with Crippen LogP contribution in [0.1, 0.15) is 30.5 Å². The highest BCUT2D eigenvalue weighted by atomic mass is 15.1. The van der Waals surface area contributed by atoms with E-state index in [1.807, 2.05) is 0 Å². The molecule has 0 radical (unpaired) electrons. The van der Waals surface area contributed by atoms with Gasteiger partial charge in [-0.3, -0.25) is 0 Å². The minimum absolute atomic E-state index is 0.0814. The molecule has 1 heterocycles. The molecule has 314 valence electrons. The maximum atomic E-state index is 2.47. The second-order valence-electron chi connectivity index (χ2n) is 18.1. The molecule has 0 bridgehead atoms. The molecule has 0 aliphatic heterocycles. The zero-order chi connectivity index (χ0) is 44.2. The third-order valence-corrected chi connectivity index (χ3v) is 13.9. The predicted molar refractivity (Wildman–Crippen MR) is 279 cm³/mol. The first-order chi connectivity index (χ1) is 32.5. The number of para-hydroxylation sites is 2. The standard InChI is InChI=1S/C64H48N2/c1-64(2)59-28-13-11-25-56(59)57-40-39-53(42-60(57)64)66-61-29-14-12-26-58(61)63-55(27-16-30-62(63)66)49-21-15-20-48(41-49)54-24-10-9-19-50(54)43-65(51-22-7-4-8-23-51)52-37-35-47(36-38-52)46-33-31-45(32-34-46)44-17-5-3-6-18-44/h3-42H,43H2,1-2H3. The fourth-order valence-corrected chi connectivity index (χ4v) is 10.6. The second-order valence-corrected chi connectivity index (χ2v) is 18.1. The number of hydrogen-bond donors (Lipinski definition) is 0. The lowest BCUT2D eigenvalue weighted by atomic mass is 9.82. The lowest BCUT2D eigenvalue weighted by Gasteiger charge is -2.27. The first kappa shape index (κ1) is 39.4. The summed E-state index contributed by atoms with van der Waals surface area (Å²) in [5.74, 6) is 0. The van der Waals surface area contributed by atoms with Crippen molar-refractivity contribution in [2.24, 2.45) is 0 Å². The Kier molecular flexibility index (Phi) is 9.61. The fraction of sp³-hybridized carbons (Fsp3) is 0.0625. The number of nitrogens with zero attached hydrogens (tertiary/aromatic N) is 2. The van der Waals surface area contributed by atoms with Crippen LogP contribution in [0.5, 0.6) is 0 Å². The van der Waals surface area contributed by atoms with Gasteiger partial charge in [0.25, 0.3) is 0 Å². The highest BCUT2D eigenvalue weighted by molar-refractivity contribution is 6.16. The molecule has 10 aromatic carbocycles. The van der Waals surface area contributed by atoms with E-state index in [1.165, 1.54) is 99.8 Å². The Labute approximate surface area is 387 Å². The van der Waals surface area contributed by atoms with E-state index in [9.17, 15) is 0 Å². The second kappa shape index (κ2) is 16.1. The molecule has 12 rings (SSSR count). The molecule has 66 heavy (non-hydrogen) atoms. The number of rotatable bonds is 9. The third-order valence-electron chi connectivity index (χ3n) is 13.9. The molecule has 0 saturated carbocycles. The van der Waals surface area contributed by atoms with Crippen LogP contribution in [-0.2, 0) is 12.0 Å². The number of hydrogen-bond acceptors (Lipinski definition) is 1. The average molecular weight is 845 g/mol. The summed E-state index contributed by atoms with van der Waals surface area (Å²) in [4.78, 5) is 2.43. The number of aromatic nitrogens is 1. The molecule has 2 heteroatoms. The van der Waals surface area contributed by atoms with Gasteiger partial charge in [0.05, 0.1) is 11.0 Å². The van der Waals surface area contributed by atoms with E-state index in [-0.39, 0.29) is 5.41 Å². The molecule has 0 saturated heterocycles. The molecule has 1 aliphatic rings. The SMILES string of the molecule is CC1(C)c2ccccc2-c2ccc(-n3c4ccccc4c4c(-c5cccc(-c6ccccc6CN(c6ccccc6)c6ccc(-c7ccc(-c8ccccc8)cc7)cc6)c5)cccc43)cc21. The molecule has 0 spiro atoms. The van der Waals surface area contributed by atoms with Gasteiger partial charge in [-0.05, 0) is 127 Å². The summed E-state index contributed by atoms with van der Waals surface area (Å²) in [5.41, 5.74) is 22.3. The van der Waals surface area contributed by atoms with E-state index in [2.05, 4.69) is 266 Å². The summed E-state index contributed by atoms with van der Waals surface area (Å²) in [6.45, 7) is 5.43. The van der Waals surface area contributed by atoms with Crippen LogP contribution < -0.4 is 4.90 Å². The van der Waals surface area contributed by atoms with Gasteiger partial charge in [0, 0.05) is 39.8 Å². The summed E-state index contributed by atoms with van der Waals surface area (Å²) < 4.78 is 2.47. The van der Waals surface area contributed by atoms with E-state index < -0.39 is 0 Å². The molecule has 1 aromatic heterocycles. The third kappa shape index (κ3) is 6.73. The van der Waals surface area contributed by atoms with Gasteiger partial charge in [0.2, 0.25) is 0 Å². The normalized spacial score (nSPS) is 12.6. The van der Waals surface area contributed by atoms with Gasteiger partial charge in [0.15, 0.2) is 0 Å². The van der Waals surface area contributed by atoms with Crippen molar-refractivity contribution in [2.75, 3.05) is 4.90 Å². The van der Waals surface area contributed by atoms with E-state index in [0.717, 1.165) is 11.4 Å². The first-order valence-electron chi connectivity index (χ1n) is 23.0. The monoisotopic (exact) mass is 844 g/mol. The van der Waals surface area contributed by atoms with Crippen LogP contribution in [0.15, 0.2) is 243 Å². The van der Waals surface area contributed by atoms with Gasteiger partial charge in [0.1, 0.15) is 0 Å². The van der Waals surface area contributed by atoms with E-state index >= 15 is 0 Å². The summed E-state index contributed by atoms with van der Waals surface area (Å²) in [7, 11) is 0. The van der Waals surface area contributed by atoms with Crippen molar-refractivity contribution in [3.8, 4) is 61.3 Å². The largest absolute Gasteiger partial charge is 0.337 e. The molecule has 2 nitrogen and oxygen atoms in total. The van der Waals surface area contributed by atoms with Crippen molar-refractivity contribution in [2.45, 2.75) is 25.8 Å². The molecule has 0 amide bonds. The van der Waals surface area contributed by atoms with Crippen molar-refractivity contribution in [3.63, 3.8) is 0 Å². The van der Waals surface area contributed by atoms with Crippen molar-refractivity contribution < 1.29 is 0 Å². The van der Waals surface area contributed by atoms with Crippen LogP contribution in [0.4, 0.5) is 11.4 Å². The Bertz CT molecular complexity index is 3560. The van der Waals surface area contributed by atoms with Crippen LogP contribution >= 0.6 is 0 Å². The molecule has 0 atom stereocenters. The molecule has 1 aliphatic carbocycles. The summed E-state index contributed by atoms with van der Waals surface area (Å²) >= 11 is 0. The van der Waals surface area contributed by atoms with Crippen molar-refractivity contribution >= 4 is 33.2 Å². The average Bonchev–Trinajstić information content (AvgIpc) is 3.84. The summed E-state index contributed by atoms with van der Waals surface area (Å²) in [5, 5.41) is 2.53. The van der Waals surface area contributed by atoms with Crippen LogP contribution in [0, 0.1) is 0 Å². The van der Waals surface area contributed by atoms with Crippen LogP contribution in [0.3, 0.4) is 0 Å². The van der Waals surface area contributed by atoms with Gasteiger partial charge in [-0.2, -0.15) is 0 Å². The van der Waals surface area contributed by atoms with E-state index in [0.29, 0.717) is 6.54 Å². The zero-order valence-corrected chi connectivity index (χ0v) is 37.2. The maximum Gasteiger partial charge on any atom is 0.0547 e. The van der Waals surface area contributed by atoms with E-state index in [1.54, 1.807) is 0 Å². The number of anilines is 2. The molecule has 11 aromatic rings. The summed E-state index contributed by atoms with van der Waals surface area (Å²) in [6.07, 6.45) is 0. The molecular weight excluding hydrogens is 797 g/mol. The van der Waals surface area contributed by atoms with Crippen molar-refractivity contribution in [1.29, 1.82) is 0 Å². The minimum Gasteiger partial charge on any atom is -0.337 e. The first-order valence-corrected chi connectivity index (χ1v) is 23.0. The van der Waals surface area contributed by atoms with E-state index in [4.69, 9.17) is 0 Å².